The number of nitrogens with zero attached hydrogens (tertiary/aromatic N) is 2. The number of ketones is 1. The Balaban J connectivity index is 1.82. The highest BCUT2D eigenvalue weighted by atomic mass is 16.5. The summed E-state index contributed by atoms with van der Waals surface area (Å²) in [6.45, 7) is 0.397. The third-order valence-corrected chi connectivity index (χ3v) is 4.95. The van der Waals surface area contributed by atoms with Crippen LogP contribution in [0.4, 0.5) is 0 Å². The van der Waals surface area contributed by atoms with E-state index in [-0.39, 0.29) is 11.7 Å². The molecule has 2 aliphatic rings. The second kappa shape index (κ2) is 5.37. The van der Waals surface area contributed by atoms with Gasteiger partial charge in [0, 0.05) is 17.9 Å². The summed E-state index contributed by atoms with van der Waals surface area (Å²) in [6, 6.07) is 14.8. The zero-order valence-corrected chi connectivity index (χ0v) is 13.2. The predicted octanol–water partition coefficient (Wildman–Crippen LogP) is 3.20. The average Bonchev–Trinajstić information content (AvgIpc) is 3.17. The lowest BCUT2D eigenvalue weighted by atomic mass is 9.76. The summed E-state index contributed by atoms with van der Waals surface area (Å²) in [5.74, 6) is -0.674. The van der Waals surface area contributed by atoms with Gasteiger partial charge in [0.1, 0.15) is 0 Å². The van der Waals surface area contributed by atoms with Crippen LogP contribution < -0.4 is 0 Å². The van der Waals surface area contributed by atoms with E-state index in [9.17, 15) is 9.59 Å². The number of carbonyl (C=O) groups excluding carboxylic acids is 2. The Morgan fingerprint density at radius 3 is 2.71 bits per heavy atom. The molecule has 4 rings (SSSR count). The van der Waals surface area contributed by atoms with Gasteiger partial charge in [0.25, 0.3) is 0 Å². The van der Waals surface area contributed by atoms with Gasteiger partial charge in [0.2, 0.25) is 0 Å². The summed E-state index contributed by atoms with van der Waals surface area (Å²) < 4.78 is 4.89. The molecule has 0 N–H and O–H groups in total. The van der Waals surface area contributed by atoms with Gasteiger partial charge in [0.15, 0.2) is 11.3 Å². The van der Waals surface area contributed by atoms with Crippen molar-refractivity contribution in [2.75, 3.05) is 13.7 Å². The van der Waals surface area contributed by atoms with Crippen molar-refractivity contribution in [3.05, 3.63) is 70.8 Å². The minimum Gasteiger partial charge on any atom is -0.465 e. The monoisotopic (exact) mass is 320 g/mol. The highest BCUT2D eigenvalue weighted by molar-refractivity contribution is 6.09. The van der Waals surface area contributed by atoms with E-state index < -0.39 is 11.5 Å². The van der Waals surface area contributed by atoms with E-state index in [1.807, 2.05) is 36.4 Å². The number of ether oxygens (including phenoxy) is 1. The molecule has 0 bridgehead atoms. The van der Waals surface area contributed by atoms with Crippen molar-refractivity contribution in [3.63, 3.8) is 0 Å². The Morgan fingerprint density at radius 2 is 1.92 bits per heavy atom. The summed E-state index contributed by atoms with van der Waals surface area (Å²) in [5, 5.41) is 8.56. The Labute approximate surface area is 139 Å². The molecule has 2 aromatic carbocycles. The van der Waals surface area contributed by atoms with Gasteiger partial charge in [-0.3, -0.25) is 4.79 Å². The van der Waals surface area contributed by atoms with Gasteiger partial charge < -0.3 is 4.74 Å². The van der Waals surface area contributed by atoms with Gasteiger partial charge in [-0.15, -0.1) is 0 Å². The van der Waals surface area contributed by atoms with Crippen LogP contribution in [0.15, 0.2) is 58.8 Å². The van der Waals surface area contributed by atoms with E-state index >= 15 is 0 Å². The van der Waals surface area contributed by atoms with Crippen LogP contribution in [-0.4, -0.2) is 30.9 Å². The molecule has 0 saturated carbocycles. The maximum Gasteiger partial charge on any atom is 0.338 e. The fourth-order valence-electron chi connectivity index (χ4n) is 3.78. The standard InChI is InChI=1S/C19H16N2O3/c1-24-18(23)15-9-5-4-8-14(15)16-11-20-21-19(16)10-12-6-2-3-7-13(12)17(19)22/h2-9,16H,10-11H2,1H3. The van der Waals surface area contributed by atoms with Crippen LogP contribution in [0.25, 0.3) is 0 Å². The van der Waals surface area contributed by atoms with Crippen LogP contribution in [-0.2, 0) is 11.2 Å². The Hall–Kier alpha value is -2.82. The SMILES string of the molecule is COC(=O)c1ccccc1C1CN=NC12Cc1ccccc1C2=O. The molecule has 1 aliphatic heterocycles. The molecular formula is C19H16N2O3. The molecule has 0 radical (unpaired) electrons. The topological polar surface area (TPSA) is 68.1 Å². The lowest BCUT2D eigenvalue weighted by molar-refractivity contribution is 0.0597. The molecule has 24 heavy (non-hydrogen) atoms. The molecule has 1 aliphatic carbocycles. The minimum absolute atomic E-state index is 0.0102. The first-order chi connectivity index (χ1) is 11.7. The fraction of sp³-hybridized carbons (Fsp3) is 0.263. The smallest absolute Gasteiger partial charge is 0.338 e. The highest BCUT2D eigenvalue weighted by Crippen LogP contribution is 2.47. The van der Waals surface area contributed by atoms with E-state index in [0.717, 1.165) is 11.1 Å². The van der Waals surface area contributed by atoms with E-state index in [0.29, 0.717) is 24.1 Å². The first kappa shape index (κ1) is 14.8. The summed E-state index contributed by atoms with van der Waals surface area (Å²) >= 11 is 0. The van der Waals surface area contributed by atoms with Gasteiger partial charge in [-0.25, -0.2) is 4.79 Å². The Bertz CT molecular complexity index is 874. The van der Waals surface area contributed by atoms with Crippen LogP contribution >= 0.6 is 0 Å². The van der Waals surface area contributed by atoms with Crippen LogP contribution in [0.5, 0.6) is 0 Å². The number of azo groups is 1. The molecule has 5 nitrogen and oxygen atoms in total. The van der Waals surface area contributed by atoms with Crippen molar-refractivity contribution in [3.8, 4) is 0 Å². The van der Waals surface area contributed by atoms with Gasteiger partial charge >= 0.3 is 5.97 Å². The zero-order valence-electron chi connectivity index (χ0n) is 13.2. The van der Waals surface area contributed by atoms with Crippen molar-refractivity contribution in [2.45, 2.75) is 17.9 Å². The molecular weight excluding hydrogens is 304 g/mol. The fourth-order valence-corrected chi connectivity index (χ4v) is 3.78. The molecule has 1 heterocycles. The second-order valence-electron chi connectivity index (χ2n) is 6.14. The maximum absolute atomic E-state index is 13.1. The lowest BCUT2D eigenvalue weighted by Crippen LogP contribution is -2.39. The normalized spacial score (nSPS) is 24.4. The molecule has 0 fully saturated rings. The molecule has 0 amide bonds. The number of hydrogen-bond acceptors (Lipinski definition) is 5. The Kier molecular flexibility index (Phi) is 3.30. The van der Waals surface area contributed by atoms with Gasteiger partial charge in [-0.2, -0.15) is 10.2 Å². The van der Waals surface area contributed by atoms with Crippen LogP contribution in [0.1, 0.15) is 37.8 Å². The largest absolute Gasteiger partial charge is 0.465 e. The summed E-state index contributed by atoms with van der Waals surface area (Å²) in [7, 11) is 1.36. The summed E-state index contributed by atoms with van der Waals surface area (Å²) in [5.41, 5.74) is 2.01. The van der Waals surface area contributed by atoms with Crippen LogP contribution in [0.3, 0.4) is 0 Å². The van der Waals surface area contributed by atoms with Crippen molar-refractivity contribution in [2.24, 2.45) is 10.2 Å². The number of esters is 1. The third kappa shape index (κ3) is 1.94. The van der Waals surface area contributed by atoms with Gasteiger partial charge in [0.05, 0.1) is 19.2 Å². The molecule has 120 valence electrons. The van der Waals surface area contributed by atoms with Gasteiger partial charge in [-0.05, 0) is 17.2 Å². The number of fused-ring (bicyclic) bond motifs is 1. The van der Waals surface area contributed by atoms with Gasteiger partial charge in [-0.1, -0.05) is 42.5 Å². The number of Topliss-reactive ketones (excluding diaryl/α,β-unsaturated/α-hetero) is 1. The zero-order chi connectivity index (χ0) is 16.7. The lowest BCUT2D eigenvalue weighted by Gasteiger charge is -2.26. The highest BCUT2D eigenvalue weighted by Gasteiger charge is 2.55. The number of carbonyl (C=O) groups is 2. The van der Waals surface area contributed by atoms with Crippen molar-refractivity contribution in [1.29, 1.82) is 0 Å². The third-order valence-electron chi connectivity index (χ3n) is 4.95. The minimum atomic E-state index is -0.937. The second-order valence-corrected chi connectivity index (χ2v) is 6.14. The molecule has 2 unspecified atom stereocenters. The van der Waals surface area contributed by atoms with E-state index in [2.05, 4.69) is 10.2 Å². The van der Waals surface area contributed by atoms with E-state index in [1.165, 1.54) is 7.11 Å². The summed E-state index contributed by atoms with van der Waals surface area (Å²) in [4.78, 5) is 25.2. The molecule has 1 spiro atoms. The Morgan fingerprint density at radius 1 is 1.17 bits per heavy atom. The maximum atomic E-state index is 13.1. The van der Waals surface area contributed by atoms with E-state index in [4.69, 9.17) is 4.74 Å². The van der Waals surface area contributed by atoms with E-state index in [1.54, 1.807) is 12.1 Å². The molecule has 5 heteroatoms. The van der Waals surface area contributed by atoms with Crippen LogP contribution in [0, 0.1) is 0 Å². The van der Waals surface area contributed by atoms with Crippen molar-refractivity contribution < 1.29 is 14.3 Å². The number of methoxy groups -OCH3 is 1. The molecule has 0 aromatic heterocycles. The molecule has 2 atom stereocenters. The predicted molar refractivity (Wildman–Crippen MR) is 87.5 cm³/mol. The first-order valence-corrected chi connectivity index (χ1v) is 7.86. The number of hydrogen-bond donors (Lipinski definition) is 0. The average molecular weight is 320 g/mol. The van der Waals surface area contributed by atoms with Crippen molar-refractivity contribution >= 4 is 11.8 Å². The number of rotatable bonds is 2. The molecule has 0 saturated heterocycles. The van der Waals surface area contributed by atoms with Crippen molar-refractivity contribution in [1.82, 2.24) is 0 Å². The summed E-state index contributed by atoms with van der Waals surface area (Å²) in [6.07, 6.45) is 0.520. The first-order valence-electron chi connectivity index (χ1n) is 7.86. The van der Waals surface area contributed by atoms with Crippen LogP contribution in [0.2, 0.25) is 0 Å². The molecule has 2 aromatic rings. The number of benzene rings is 2. The quantitative estimate of drug-likeness (QED) is 0.798.